The number of hydrogen-bond donors (Lipinski definition) is 1. The molecule has 1 saturated heterocycles. The molecule has 24 heavy (non-hydrogen) atoms. The van der Waals surface area contributed by atoms with Crippen molar-refractivity contribution in [1.29, 1.82) is 0 Å². The lowest BCUT2D eigenvalue weighted by Crippen LogP contribution is -2.53. The maximum absolute atomic E-state index is 12.3. The van der Waals surface area contributed by atoms with E-state index in [1.165, 1.54) is 0 Å². The molecule has 0 unspecified atom stereocenters. The highest BCUT2D eigenvalue weighted by molar-refractivity contribution is 5.81. The van der Waals surface area contributed by atoms with E-state index in [0.717, 1.165) is 38.2 Å². The van der Waals surface area contributed by atoms with Crippen molar-refractivity contribution in [3.8, 4) is 0 Å². The predicted octanol–water partition coefficient (Wildman–Crippen LogP) is 0.918. The molecule has 7 heteroatoms. The van der Waals surface area contributed by atoms with Gasteiger partial charge in [0.05, 0.1) is 6.04 Å². The van der Waals surface area contributed by atoms with Crippen LogP contribution in [0, 0.1) is 0 Å². The number of methoxy groups -OCH3 is 1. The molecule has 1 aromatic rings. The fourth-order valence-corrected chi connectivity index (χ4v) is 3.03. The average molecular weight is 335 g/mol. The molecule has 2 atom stereocenters. The van der Waals surface area contributed by atoms with Crippen molar-refractivity contribution in [3.63, 3.8) is 0 Å². The van der Waals surface area contributed by atoms with Crippen molar-refractivity contribution >= 4 is 11.7 Å². The number of aromatic nitrogens is 2. The second kappa shape index (κ2) is 9.54. The zero-order valence-electron chi connectivity index (χ0n) is 14.9. The Balaban J connectivity index is 1.86. The summed E-state index contributed by atoms with van der Waals surface area (Å²) >= 11 is 0. The summed E-state index contributed by atoms with van der Waals surface area (Å²) in [6.45, 7) is 5.14. The molecule has 0 aromatic carbocycles. The Hall–Kier alpha value is -1.73. The van der Waals surface area contributed by atoms with Gasteiger partial charge in [-0.3, -0.25) is 9.69 Å². The van der Waals surface area contributed by atoms with Gasteiger partial charge in [-0.05, 0) is 45.4 Å². The molecule has 1 aliphatic rings. The molecule has 2 rings (SSSR count). The summed E-state index contributed by atoms with van der Waals surface area (Å²) in [4.78, 5) is 16.7. The maximum atomic E-state index is 12.3. The van der Waals surface area contributed by atoms with Crippen molar-refractivity contribution in [2.75, 3.05) is 45.3 Å². The average Bonchev–Trinajstić information content (AvgIpc) is 2.64. The van der Waals surface area contributed by atoms with Crippen LogP contribution in [0.15, 0.2) is 18.3 Å². The molecule has 1 aliphatic heterocycles. The van der Waals surface area contributed by atoms with E-state index in [2.05, 4.69) is 25.3 Å². The van der Waals surface area contributed by atoms with Crippen molar-refractivity contribution in [1.82, 2.24) is 20.4 Å². The first-order valence-corrected chi connectivity index (χ1v) is 8.64. The van der Waals surface area contributed by atoms with Gasteiger partial charge in [0.15, 0.2) is 5.82 Å². The first kappa shape index (κ1) is 18.6. The number of nitrogens with one attached hydrogen (secondary N) is 1. The highest BCUT2D eigenvalue weighted by Gasteiger charge is 2.29. The van der Waals surface area contributed by atoms with Gasteiger partial charge in [-0.15, -0.1) is 5.10 Å². The molecule has 134 valence electrons. The fraction of sp³-hybridized carbons (Fsp3) is 0.706. The minimum absolute atomic E-state index is 0.0743. The molecule has 1 amide bonds. The van der Waals surface area contributed by atoms with Gasteiger partial charge in [-0.25, -0.2) is 0 Å². The molecule has 0 aliphatic carbocycles. The minimum Gasteiger partial charge on any atom is -0.385 e. The number of piperidine rings is 1. The summed E-state index contributed by atoms with van der Waals surface area (Å²) < 4.78 is 5.00. The first-order valence-electron chi connectivity index (χ1n) is 8.64. The number of amides is 1. The van der Waals surface area contributed by atoms with E-state index >= 15 is 0 Å². The van der Waals surface area contributed by atoms with Gasteiger partial charge in [0.25, 0.3) is 0 Å². The van der Waals surface area contributed by atoms with Gasteiger partial charge in [0, 0.05) is 45.6 Å². The maximum Gasteiger partial charge on any atom is 0.237 e. The summed E-state index contributed by atoms with van der Waals surface area (Å²) in [5, 5.41) is 11.1. The molecular weight excluding hydrogens is 306 g/mol. The van der Waals surface area contributed by atoms with E-state index in [4.69, 9.17) is 4.74 Å². The van der Waals surface area contributed by atoms with Gasteiger partial charge < -0.3 is 15.0 Å². The van der Waals surface area contributed by atoms with Gasteiger partial charge in [-0.1, -0.05) is 0 Å². The first-order chi connectivity index (χ1) is 11.6. The minimum atomic E-state index is -0.153. The Bertz CT molecular complexity index is 499. The summed E-state index contributed by atoms with van der Waals surface area (Å²) in [6.07, 6.45) is 4.71. The molecular formula is C17H29N5O2. The van der Waals surface area contributed by atoms with Gasteiger partial charge >= 0.3 is 0 Å². The topological polar surface area (TPSA) is 70.6 Å². The summed E-state index contributed by atoms with van der Waals surface area (Å²) in [7, 11) is 3.70. The Kier molecular flexibility index (Phi) is 7.39. The molecule has 0 spiro atoms. The lowest BCUT2D eigenvalue weighted by molar-refractivity contribution is -0.126. The standard InChI is InChI=1S/C17H29N5O2/c1-14(17(23)18-9-6-12-24-3)21(2)15-7-5-11-22(13-15)16-8-4-10-19-20-16/h4,8,10,14-15H,5-7,9,11-13H2,1-3H3,(H,18,23)/t14-,15+/m0/s1. The van der Waals surface area contributed by atoms with Crippen LogP contribution >= 0.6 is 0 Å². The third-order valence-corrected chi connectivity index (χ3v) is 4.67. The number of carbonyl (C=O) groups excluding carboxylic acids is 1. The lowest BCUT2D eigenvalue weighted by atomic mass is 10.0. The number of rotatable bonds is 8. The van der Waals surface area contributed by atoms with Crippen LogP contribution in [-0.2, 0) is 9.53 Å². The highest BCUT2D eigenvalue weighted by Crippen LogP contribution is 2.20. The second-order valence-electron chi connectivity index (χ2n) is 6.30. The molecule has 1 N–H and O–H groups in total. The Morgan fingerprint density at radius 1 is 1.58 bits per heavy atom. The number of hydrogen-bond acceptors (Lipinski definition) is 6. The number of likely N-dealkylation sites (N-methyl/N-ethyl adjacent to an activating group) is 1. The zero-order chi connectivity index (χ0) is 17.4. The van der Waals surface area contributed by atoms with Crippen molar-refractivity contribution < 1.29 is 9.53 Å². The smallest absolute Gasteiger partial charge is 0.237 e. The molecule has 1 fully saturated rings. The van der Waals surface area contributed by atoms with Gasteiger partial charge in [0.2, 0.25) is 5.91 Å². The quantitative estimate of drug-likeness (QED) is 0.713. The summed E-state index contributed by atoms with van der Waals surface area (Å²) in [5.74, 6) is 0.984. The van der Waals surface area contributed by atoms with E-state index in [1.54, 1.807) is 13.3 Å². The lowest BCUT2D eigenvalue weighted by Gasteiger charge is -2.40. The monoisotopic (exact) mass is 335 g/mol. The molecule has 0 radical (unpaired) electrons. The van der Waals surface area contributed by atoms with Crippen LogP contribution in [-0.4, -0.2) is 73.5 Å². The third-order valence-electron chi connectivity index (χ3n) is 4.67. The Morgan fingerprint density at radius 3 is 3.12 bits per heavy atom. The summed E-state index contributed by atoms with van der Waals surface area (Å²) in [5.41, 5.74) is 0. The number of ether oxygens (including phenoxy) is 1. The number of nitrogens with zero attached hydrogens (tertiary/aromatic N) is 4. The van der Waals surface area contributed by atoms with Crippen LogP contribution in [0.5, 0.6) is 0 Å². The van der Waals surface area contributed by atoms with E-state index in [1.807, 2.05) is 26.1 Å². The van der Waals surface area contributed by atoms with Crippen LogP contribution in [0.3, 0.4) is 0 Å². The van der Waals surface area contributed by atoms with E-state index in [0.29, 0.717) is 19.2 Å². The van der Waals surface area contributed by atoms with Gasteiger partial charge in [-0.2, -0.15) is 5.10 Å². The number of carbonyl (C=O) groups is 1. The fourth-order valence-electron chi connectivity index (χ4n) is 3.03. The van der Waals surface area contributed by atoms with E-state index in [9.17, 15) is 4.79 Å². The third kappa shape index (κ3) is 5.14. The Labute approximate surface area is 144 Å². The molecule has 0 bridgehead atoms. The normalized spacial score (nSPS) is 19.3. The highest BCUT2D eigenvalue weighted by atomic mass is 16.5. The van der Waals surface area contributed by atoms with Crippen LogP contribution in [0.1, 0.15) is 26.2 Å². The van der Waals surface area contributed by atoms with Gasteiger partial charge in [0.1, 0.15) is 0 Å². The predicted molar refractivity (Wildman–Crippen MR) is 94.0 cm³/mol. The van der Waals surface area contributed by atoms with E-state index < -0.39 is 0 Å². The van der Waals surface area contributed by atoms with Crippen molar-refractivity contribution in [3.05, 3.63) is 18.3 Å². The van der Waals surface area contributed by atoms with Crippen LogP contribution < -0.4 is 10.2 Å². The summed E-state index contributed by atoms with van der Waals surface area (Å²) in [6, 6.07) is 4.08. The van der Waals surface area contributed by atoms with Crippen molar-refractivity contribution in [2.45, 2.75) is 38.3 Å². The Morgan fingerprint density at radius 2 is 2.42 bits per heavy atom. The molecule has 0 saturated carbocycles. The zero-order valence-corrected chi connectivity index (χ0v) is 14.9. The largest absolute Gasteiger partial charge is 0.385 e. The molecule has 7 nitrogen and oxygen atoms in total. The molecule has 2 heterocycles. The van der Waals surface area contributed by atoms with Crippen LogP contribution in [0.4, 0.5) is 5.82 Å². The van der Waals surface area contributed by atoms with E-state index in [-0.39, 0.29) is 11.9 Å². The second-order valence-corrected chi connectivity index (χ2v) is 6.30. The van der Waals surface area contributed by atoms with Crippen LogP contribution in [0.2, 0.25) is 0 Å². The van der Waals surface area contributed by atoms with Crippen molar-refractivity contribution in [2.24, 2.45) is 0 Å². The molecule has 1 aromatic heterocycles. The number of anilines is 1. The van der Waals surface area contributed by atoms with Crippen LogP contribution in [0.25, 0.3) is 0 Å². The SMILES string of the molecule is COCCCNC(=O)[C@H](C)N(C)[C@@H]1CCCN(c2cccnn2)C1.